The molecule has 5 heteroatoms. The van der Waals surface area contributed by atoms with Crippen molar-refractivity contribution in [2.75, 3.05) is 31.7 Å². The van der Waals surface area contributed by atoms with E-state index >= 15 is 0 Å². The molecule has 0 radical (unpaired) electrons. The second-order valence-electron chi connectivity index (χ2n) is 4.49. The number of hydrogen-bond donors (Lipinski definition) is 2. The fourth-order valence-electron chi connectivity index (χ4n) is 2.23. The molecule has 0 aromatic heterocycles. The maximum Gasteiger partial charge on any atom is 0.243 e. The van der Waals surface area contributed by atoms with Crippen LogP contribution in [0.5, 0.6) is 5.75 Å². The summed E-state index contributed by atoms with van der Waals surface area (Å²) in [5, 5.41) is 6.03. The lowest BCUT2D eigenvalue weighted by Crippen LogP contribution is -2.48. The number of benzene rings is 1. The van der Waals surface area contributed by atoms with Crippen LogP contribution in [-0.4, -0.2) is 38.3 Å². The second kappa shape index (κ2) is 4.96. The zero-order chi connectivity index (χ0) is 12.4. The van der Waals surface area contributed by atoms with Gasteiger partial charge < -0.3 is 20.1 Å². The van der Waals surface area contributed by atoms with Gasteiger partial charge in [-0.05, 0) is 23.8 Å². The smallest absolute Gasteiger partial charge is 0.243 e. The number of hydrogen-bond acceptors (Lipinski definition) is 4. The third kappa shape index (κ3) is 2.32. The number of rotatable bonds is 2. The van der Waals surface area contributed by atoms with Gasteiger partial charge in [0.25, 0.3) is 0 Å². The van der Waals surface area contributed by atoms with Gasteiger partial charge in [0.2, 0.25) is 5.91 Å². The SMILES string of the molecule is O=C(Nc1ccc2c(c1)CCO2)C1COCCN1. The molecule has 0 aliphatic carbocycles. The highest BCUT2D eigenvalue weighted by Crippen LogP contribution is 2.27. The fourth-order valence-corrected chi connectivity index (χ4v) is 2.23. The van der Waals surface area contributed by atoms with Crippen molar-refractivity contribution in [2.24, 2.45) is 0 Å². The highest BCUT2D eigenvalue weighted by molar-refractivity contribution is 5.95. The van der Waals surface area contributed by atoms with E-state index in [1.165, 1.54) is 0 Å². The van der Waals surface area contributed by atoms with Gasteiger partial charge in [0.05, 0.1) is 19.8 Å². The topological polar surface area (TPSA) is 59.6 Å². The van der Waals surface area contributed by atoms with E-state index in [1.807, 2.05) is 18.2 Å². The Labute approximate surface area is 105 Å². The molecule has 1 saturated heterocycles. The minimum atomic E-state index is -0.261. The van der Waals surface area contributed by atoms with Gasteiger partial charge in [-0.15, -0.1) is 0 Å². The zero-order valence-corrected chi connectivity index (χ0v) is 10.1. The largest absolute Gasteiger partial charge is 0.493 e. The predicted molar refractivity (Wildman–Crippen MR) is 66.9 cm³/mol. The number of carbonyl (C=O) groups excluding carboxylic acids is 1. The van der Waals surface area contributed by atoms with Crippen LogP contribution < -0.4 is 15.4 Å². The first-order valence-electron chi connectivity index (χ1n) is 6.21. The number of ether oxygens (including phenoxy) is 2. The lowest BCUT2D eigenvalue weighted by molar-refractivity contribution is -0.120. The molecule has 2 aliphatic heterocycles. The maximum atomic E-state index is 12.0. The van der Waals surface area contributed by atoms with Crippen LogP contribution in [0.1, 0.15) is 5.56 Å². The van der Waals surface area contributed by atoms with Gasteiger partial charge in [0.1, 0.15) is 11.8 Å². The van der Waals surface area contributed by atoms with Crippen LogP contribution in [0, 0.1) is 0 Å². The Morgan fingerprint density at radius 3 is 3.17 bits per heavy atom. The van der Waals surface area contributed by atoms with Crippen molar-refractivity contribution in [2.45, 2.75) is 12.5 Å². The monoisotopic (exact) mass is 248 g/mol. The molecule has 1 unspecified atom stereocenters. The number of nitrogens with one attached hydrogen (secondary N) is 2. The molecular weight excluding hydrogens is 232 g/mol. The van der Waals surface area contributed by atoms with Crippen LogP contribution >= 0.6 is 0 Å². The number of morpholine rings is 1. The normalized spacial score (nSPS) is 22.1. The summed E-state index contributed by atoms with van der Waals surface area (Å²) in [6.45, 7) is 2.54. The summed E-state index contributed by atoms with van der Waals surface area (Å²) in [7, 11) is 0. The van der Waals surface area contributed by atoms with Crippen molar-refractivity contribution in [1.29, 1.82) is 0 Å². The van der Waals surface area contributed by atoms with Gasteiger partial charge in [-0.1, -0.05) is 0 Å². The molecule has 1 fully saturated rings. The lowest BCUT2D eigenvalue weighted by Gasteiger charge is -2.22. The molecule has 1 amide bonds. The molecule has 0 spiro atoms. The molecular formula is C13H16N2O3. The summed E-state index contributed by atoms with van der Waals surface area (Å²) in [6.07, 6.45) is 0.907. The molecule has 2 aliphatic rings. The van der Waals surface area contributed by atoms with Gasteiger partial charge in [0, 0.05) is 18.7 Å². The number of fused-ring (bicyclic) bond motifs is 1. The summed E-state index contributed by atoms with van der Waals surface area (Å²) in [5.74, 6) is 0.876. The Morgan fingerprint density at radius 1 is 1.39 bits per heavy atom. The molecule has 0 bridgehead atoms. The van der Waals surface area contributed by atoms with Gasteiger partial charge in [0.15, 0.2) is 0 Å². The van der Waals surface area contributed by atoms with E-state index in [1.54, 1.807) is 0 Å². The summed E-state index contributed by atoms with van der Waals surface area (Å²) in [4.78, 5) is 12.0. The van der Waals surface area contributed by atoms with Crippen LogP contribution in [-0.2, 0) is 16.0 Å². The molecule has 1 atom stereocenters. The Morgan fingerprint density at radius 2 is 2.33 bits per heavy atom. The van der Waals surface area contributed by atoms with E-state index in [0.29, 0.717) is 13.2 Å². The molecule has 5 nitrogen and oxygen atoms in total. The molecule has 0 saturated carbocycles. The van der Waals surface area contributed by atoms with Crippen LogP contribution in [0.15, 0.2) is 18.2 Å². The van der Waals surface area contributed by atoms with E-state index in [4.69, 9.17) is 9.47 Å². The predicted octanol–water partition coefficient (Wildman–Crippen LogP) is 0.548. The van der Waals surface area contributed by atoms with Gasteiger partial charge in [-0.2, -0.15) is 0 Å². The number of amides is 1. The first-order valence-corrected chi connectivity index (χ1v) is 6.21. The fraction of sp³-hybridized carbons (Fsp3) is 0.462. The minimum Gasteiger partial charge on any atom is -0.493 e. The van der Waals surface area contributed by atoms with Crippen molar-refractivity contribution in [3.05, 3.63) is 23.8 Å². The van der Waals surface area contributed by atoms with Crippen molar-refractivity contribution in [3.63, 3.8) is 0 Å². The van der Waals surface area contributed by atoms with Gasteiger partial charge in [-0.3, -0.25) is 4.79 Å². The van der Waals surface area contributed by atoms with Gasteiger partial charge in [-0.25, -0.2) is 0 Å². The van der Waals surface area contributed by atoms with E-state index in [9.17, 15) is 4.79 Å². The van der Waals surface area contributed by atoms with Gasteiger partial charge >= 0.3 is 0 Å². The zero-order valence-electron chi connectivity index (χ0n) is 10.1. The highest BCUT2D eigenvalue weighted by atomic mass is 16.5. The second-order valence-corrected chi connectivity index (χ2v) is 4.49. The summed E-state index contributed by atoms with van der Waals surface area (Å²) < 4.78 is 10.7. The summed E-state index contributed by atoms with van der Waals surface area (Å²) in [5.41, 5.74) is 1.97. The molecule has 1 aromatic rings. The minimum absolute atomic E-state index is 0.0476. The maximum absolute atomic E-state index is 12.0. The third-order valence-electron chi connectivity index (χ3n) is 3.20. The Balaban J connectivity index is 1.66. The quantitative estimate of drug-likeness (QED) is 0.802. The average Bonchev–Trinajstić information content (AvgIpc) is 2.87. The van der Waals surface area contributed by atoms with Crippen LogP contribution in [0.4, 0.5) is 5.69 Å². The standard InChI is InChI=1S/C13H16N2O3/c16-13(11-8-17-6-4-14-11)15-10-1-2-12-9(7-10)3-5-18-12/h1-2,7,11,14H,3-6,8H2,(H,15,16). The molecule has 96 valence electrons. The molecule has 1 aromatic carbocycles. The molecule has 18 heavy (non-hydrogen) atoms. The lowest BCUT2D eigenvalue weighted by atomic mass is 10.1. The molecule has 2 N–H and O–H groups in total. The molecule has 3 rings (SSSR count). The summed E-state index contributed by atoms with van der Waals surface area (Å²) >= 11 is 0. The van der Waals surface area contributed by atoms with E-state index in [0.717, 1.165) is 36.6 Å². The summed E-state index contributed by atoms with van der Waals surface area (Å²) in [6, 6.07) is 5.49. The first kappa shape index (κ1) is 11.5. The molecule has 2 heterocycles. The van der Waals surface area contributed by atoms with Crippen LogP contribution in [0.2, 0.25) is 0 Å². The average molecular weight is 248 g/mol. The van der Waals surface area contributed by atoms with Crippen LogP contribution in [0.25, 0.3) is 0 Å². The van der Waals surface area contributed by atoms with Crippen LogP contribution in [0.3, 0.4) is 0 Å². The Hall–Kier alpha value is -1.59. The van der Waals surface area contributed by atoms with Crippen molar-refractivity contribution in [1.82, 2.24) is 5.32 Å². The van der Waals surface area contributed by atoms with E-state index in [-0.39, 0.29) is 11.9 Å². The number of carbonyl (C=O) groups is 1. The van der Waals surface area contributed by atoms with Crippen molar-refractivity contribution in [3.8, 4) is 5.75 Å². The highest BCUT2D eigenvalue weighted by Gasteiger charge is 2.21. The van der Waals surface area contributed by atoms with Crippen molar-refractivity contribution >= 4 is 11.6 Å². The van der Waals surface area contributed by atoms with Crippen molar-refractivity contribution < 1.29 is 14.3 Å². The third-order valence-corrected chi connectivity index (χ3v) is 3.20. The van der Waals surface area contributed by atoms with E-state index < -0.39 is 0 Å². The van der Waals surface area contributed by atoms with E-state index in [2.05, 4.69) is 10.6 Å². The first-order chi connectivity index (χ1) is 8.83. The Kier molecular flexibility index (Phi) is 3.17. The number of anilines is 1. The Bertz CT molecular complexity index is 456.